The fraction of sp³-hybridized carbons (Fsp3) is 0.286. The van der Waals surface area contributed by atoms with E-state index in [1.54, 1.807) is 38.4 Å². The lowest BCUT2D eigenvalue weighted by Gasteiger charge is -2.12. The Labute approximate surface area is 159 Å². The molecule has 2 aromatic rings. The molecule has 6 heteroatoms. The molecule has 0 fully saturated rings. The maximum Gasteiger partial charge on any atom is 0.339 e. The monoisotopic (exact) mass is 368 g/mol. The number of rotatable bonds is 5. The Morgan fingerprint density at radius 2 is 1.52 bits per heavy atom. The molecule has 2 rings (SSSR count). The average molecular weight is 368 g/mol. The summed E-state index contributed by atoms with van der Waals surface area (Å²) in [5.74, 6) is -1.09. The van der Waals surface area contributed by atoms with Gasteiger partial charge in [-0.2, -0.15) is 0 Å². The summed E-state index contributed by atoms with van der Waals surface area (Å²) in [6, 6.07) is 10.3. The van der Waals surface area contributed by atoms with Gasteiger partial charge in [-0.05, 0) is 56.2 Å². The molecule has 0 aliphatic rings. The molecule has 0 heterocycles. The second-order valence-corrected chi connectivity index (χ2v) is 6.67. The summed E-state index contributed by atoms with van der Waals surface area (Å²) >= 11 is 0. The molecule has 0 aliphatic heterocycles. The number of nitrogens with one attached hydrogen (secondary N) is 1. The van der Waals surface area contributed by atoms with E-state index in [9.17, 15) is 14.4 Å². The molecule has 2 aromatic carbocycles. The lowest BCUT2D eigenvalue weighted by molar-refractivity contribution is -0.119. The van der Waals surface area contributed by atoms with Gasteiger partial charge in [0.25, 0.3) is 11.8 Å². The Hall–Kier alpha value is -3.15. The van der Waals surface area contributed by atoms with Gasteiger partial charge in [0.05, 0.1) is 5.56 Å². The van der Waals surface area contributed by atoms with E-state index in [0.29, 0.717) is 16.8 Å². The van der Waals surface area contributed by atoms with Crippen molar-refractivity contribution in [3.05, 3.63) is 64.2 Å². The van der Waals surface area contributed by atoms with Crippen LogP contribution in [0.5, 0.6) is 0 Å². The molecule has 1 N–H and O–H groups in total. The van der Waals surface area contributed by atoms with Crippen molar-refractivity contribution >= 4 is 23.5 Å². The van der Waals surface area contributed by atoms with Gasteiger partial charge < -0.3 is 15.0 Å². The fourth-order valence-electron chi connectivity index (χ4n) is 2.86. The normalized spacial score (nSPS) is 10.3. The summed E-state index contributed by atoms with van der Waals surface area (Å²) in [6.07, 6.45) is 0. The van der Waals surface area contributed by atoms with Crippen LogP contribution >= 0.6 is 0 Å². The van der Waals surface area contributed by atoms with Crippen LogP contribution in [-0.4, -0.2) is 43.4 Å². The van der Waals surface area contributed by atoms with Crippen molar-refractivity contribution in [1.29, 1.82) is 0 Å². The number of amides is 2. The van der Waals surface area contributed by atoms with Crippen LogP contribution in [-0.2, 0) is 9.53 Å². The maximum absolute atomic E-state index is 12.3. The number of nitrogens with zero attached hydrogens (tertiary/aromatic N) is 1. The highest BCUT2D eigenvalue weighted by Crippen LogP contribution is 2.17. The molecule has 0 unspecified atom stereocenters. The largest absolute Gasteiger partial charge is 0.452 e. The van der Waals surface area contributed by atoms with Crippen molar-refractivity contribution < 1.29 is 19.1 Å². The molecular formula is C21H24N2O4. The lowest BCUT2D eigenvalue weighted by atomic mass is 10.00. The number of carbonyl (C=O) groups excluding carboxylic acids is 3. The molecule has 0 spiro atoms. The first-order chi connectivity index (χ1) is 12.7. The molecule has 2 amide bonds. The van der Waals surface area contributed by atoms with Crippen LogP contribution < -0.4 is 5.32 Å². The Morgan fingerprint density at radius 3 is 2.04 bits per heavy atom. The number of esters is 1. The third kappa shape index (κ3) is 5.17. The molecule has 0 saturated carbocycles. The van der Waals surface area contributed by atoms with E-state index in [-0.39, 0.29) is 12.5 Å². The SMILES string of the molecule is Cc1cc(C)c(C(=O)OCC(=O)Nc2ccc(C(=O)N(C)C)cc2)c(C)c1. The minimum absolute atomic E-state index is 0.120. The van der Waals surface area contributed by atoms with E-state index in [1.165, 1.54) is 4.90 Å². The van der Waals surface area contributed by atoms with Crippen LogP contribution in [0.2, 0.25) is 0 Å². The number of hydrogen-bond acceptors (Lipinski definition) is 4. The molecule has 0 aromatic heterocycles. The summed E-state index contributed by atoms with van der Waals surface area (Å²) in [5, 5.41) is 2.64. The van der Waals surface area contributed by atoms with Gasteiger partial charge in [-0.3, -0.25) is 9.59 Å². The third-order valence-electron chi connectivity index (χ3n) is 4.04. The second-order valence-electron chi connectivity index (χ2n) is 6.67. The molecule has 142 valence electrons. The van der Waals surface area contributed by atoms with Gasteiger partial charge in [-0.1, -0.05) is 17.7 Å². The van der Waals surface area contributed by atoms with Crippen LogP contribution in [0.25, 0.3) is 0 Å². The predicted octanol–water partition coefficient (Wildman–Crippen LogP) is 3.11. The van der Waals surface area contributed by atoms with Gasteiger partial charge in [0, 0.05) is 25.3 Å². The summed E-state index contributed by atoms with van der Waals surface area (Å²) in [4.78, 5) is 37.7. The van der Waals surface area contributed by atoms with Crippen LogP contribution in [0.4, 0.5) is 5.69 Å². The number of ether oxygens (including phenoxy) is 1. The number of aryl methyl sites for hydroxylation is 3. The molecule has 27 heavy (non-hydrogen) atoms. The summed E-state index contributed by atoms with van der Waals surface area (Å²) in [7, 11) is 3.34. The van der Waals surface area contributed by atoms with E-state index < -0.39 is 11.9 Å². The average Bonchev–Trinajstić information content (AvgIpc) is 2.59. The van der Waals surface area contributed by atoms with Crippen molar-refractivity contribution in [3.63, 3.8) is 0 Å². The zero-order chi connectivity index (χ0) is 20.1. The minimum atomic E-state index is -0.521. The zero-order valence-electron chi connectivity index (χ0n) is 16.3. The third-order valence-corrected chi connectivity index (χ3v) is 4.04. The molecule has 6 nitrogen and oxygen atoms in total. The zero-order valence-corrected chi connectivity index (χ0v) is 16.3. The number of benzene rings is 2. The second kappa shape index (κ2) is 8.49. The van der Waals surface area contributed by atoms with Gasteiger partial charge in [-0.15, -0.1) is 0 Å². The minimum Gasteiger partial charge on any atom is -0.452 e. The van der Waals surface area contributed by atoms with Gasteiger partial charge in [-0.25, -0.2) is 4.79 Å². The van der Waals surface area contributed by atoms with Crippen LogP contribution in [0.1, 0.15) is 37.4 Å². The highest BCUT2D eigenvalue weighted by atomic mass is 16.5. The highest BCUT2D eigenvalue weighted by Gasteiger charge is 2.16. The first kappa shape index (κ1) is 20.2. The van der Waals surface area contributed by atoms with E-state index in [2.05, 4.69) is 5.32 Å². The smallest absolute Gasteiger partial charge is 0.339 e. The van der Waals surface area contributed by atoms with Crippen LogP contribution in [0.15, 0.2) is 36.4 Å². The van der Waals surface area contributed by atoms with E-state index in [0.717, 1.165) is 16.7 Å². The number of hydrogen-bond donors (Lipinski definition) is 1. The van der Waals surface area contributed by atoms with E-state index >= 15 is 0 Å². The van der Waals surface area contributed by atoms with Gasteiger partial charge in [0.15, 0.2) is 6.61 Å². The summed E-state index contributed by atoms with van der Waals surface area (Å²) < 4.78 is 5.15. The van der Waals surface area contributed by atoms with Crippen LogP contribution in [0, 0.1) is 20.8 Å². The summed E-state index contributed by atoms with van der Waals surface area (Å²) in [6.45, 7) is 5.25. The molecule has 0 atom stereocenters. The topological polar surface area (TPSA) is 75.7 Å². The van der Waals surface area contributed by atoms with Gasteiger partial charge in [0.1, 0.15) is 0 Å². The van der Waals surface area contributed by atoms with Crippen molar-refractivity contribution in [2.75, 3.05) is 26.0 Å². The molecule has 0 radical (unpaired) electrons. The van der Waals surface area contributed by atoms with Crippen molar-refractivity contribution in [2.45, 2.75) is 20.8 Å². The van der Waals surface area contributed by atoms with Crippen molar-refractivity contribution in [1.82, 2.24) is 4.90 Å². The molecule has 0 aliphatic carbocycles. The Balaban J connectivity index is 1.95. The fourth-order valence-corrected chi connectivity index (χ4v) is 2.86. The van der Waals surface area contributed by atoms with Crippen LogP contribution in [0.3, 0.4) is 0 Å². The predicted molar refractivity (Wildman–Crippen MR) is 104 cm³/mol. The quantitative estimate of drug-likeness (QED) is 0.823. The number of carbonyl (C=O) groups is 3. The Kier molecular flexibility index (Phi) is 6.34. The first-order valence-corrected chi connectivity index (χ1v) is 8.55. The van der Waals surface area contributed by atoms with Gasteiger partial charge in [0.2, 0.25) is 0 Å². The maximum atomic E-state index is 12.3. The highest BCUT2D eigenvalue weighted by molar-refractivity contribution is 5.98. The summed E-state index contributed by atoms with van der Waals surface area (Å²) in [5.41, 5.74) is 4.23. The van der Waals surface area contributed by atoms with Crippen molar-refractivity contribution in [2.24, 2.45) is 0 Å². The molecular weight excluding hydrogens is 344 g/mol. The van der Waals surface area contributed by atoms with E-state index in [1.807, 2.05) is 32.9 Å². The number of anilines is 1. The van der Waals surface area contributed by atoms with Gasteiger partial charge >= 0.3 is 5.97 Å². The Morgan fingerprint density at radius 1 is 0.963 bits per heavy atom. The first-order valence-electron chi connectivity index (χ1n) is 8.55. The van der Waals surface area contributed by atoms with Crippen molar-refractivity contribution in [3.8, 4) is 0 Å². The Bertz CT molecular complexity index is 847. The molecule has 0 bridgehead atoms. The lowest BCUT2D eigenvalue weighted by Crippen LogP contribution is -2.22. The standard InChI is InChI=1S/C21H24N2O4/c1-13-10-14(2)19(15(3)11-13)21(26)27-12-18(24)22-17-8-6-16(7-9-17)20(25)23(4)5/h6-11H,12H2,1-5H3,(H,22,24). The molecule has 0 saturated heterocycles. The van der Waals surface area contributed by atoms with E-state index in [4.69, 9.17) is 4.74 Å².